The number of rotatable bonds is 9. The topological polar surface area (TPSA) is 74.3 Å². The van der Waals surface area contributed by atoms with Crippen molar-refractivity contribution >= 4 is 11.9 Å². The quantitative estimate of drug-likeness (QED) is 0.538. The summed E-state index contributed by atoms with van der Waals surface area (Å²) in [6.07, 6.45) is 3.74. The Balaban J connectivity index is 1.54. The van der Waals surface area contributed by atoms with Gasteiger partial charge in [-0.25, -0.2) is 9.18 Å². The van der Waals surface area contributed by atoms with E-state index in [0.29, 0.717) is 54.9 Å². The van der Waals surface area contributed by atoms with E-state index in [0.717, 1.165) is 30.5 Å². The molecule has 1 amide bonds. The molecule has 1 heterocycles. The van der Waals surface area contributed by atoms with Crippen molar-refractivity contribution in [2.24, 2.45) is 18.7 Å². The maximum Gasteiger partial charge on any atom is 0.404 e. The SMILES string of the molecule is CC(C)c1ccc(CCCC(=O)c2ccc([C@H]3CC[C@H](COC(N)=O)C3)n2C)c(F)c1. The fourth-order valence-corrected chi connectivity index (χ4v) is 4.60. The first kappa shape index (κ1) is 23.0. The minimum atomic E-state index is -0.731. The van der Waals surface area contributed by atoms with Crippen LogP contribution in [0, 0.1) is 11.7 Å². The lowest BCUT2D eigenvalue weighted by molar-refractivity contribution is 0.0971. The van der Waals surface area contributed by atoms with E-state index < -0.39 is 6.09 Å². The van der Waals surface area contributed by atoms with E-state index in [1.54, 1.807) is 6.07 Å². The molecule has 2 atom stereocenters. The van der Waals surface area contributed by atoms with Gasteiger partial charge in [-0.2, -0.15) is 0 Å². The summed E-state index contributed by atoms with van der Waals surface area (Å²) in [6.45, 7) is 4.44. The van der Waals surface area contributed by atoms with Crippen molar-refractivity contribution in [1.29, 1.82) is 0 Å². The Bertz CT molecular complexity index is 935. The number of ether oxygens (including phenoxy) is 1. The Labute approximate surface area is 183 Å². The molecule has 3 rings (SSSR count). The normalized spacial score (nSPS) is 18.5. The summed E-state index contributed by atoms with van der Waals surface area (Å²) >= 11 is 0. The van der Waals surface area contributed by atoms with Crippen molar-refractivity contribution in [3.63, 3.8) is 0 Å². The largest absolute Gasteiger partial charge is 0.449 e. The summed E-state index contributed by atoms with van der Waals surface area (Å²) in [7, 11) is 1.93. The van der Waals surface area contributed by atoms with Crippen molar-refractivity contribution < 1.29 is 18.7 Å². The van der Waals surface area contributed by atoms with Gasteiger partial charge in [-0.15, -0.1) is 0 Å². The van der Waals surface area contributed by atoms with E-state index in [1.165, 1.54) is 0 Å². The zero-order chi connectivity index (χ0) is 22.5. The van der Waals surface area contributed by atoms with Gasteiger partial charge in [-0.3, -0.25) is 4.79 Å². The molecule has 6 heteroatoms. The molecule has 1 aliphatic rings. The van der Waals surface area contributed by atoms with Gasteiger partial charge in [0.25, 0.3) is 0 Å². The van der Waals surface area contributed by atoms with Crippen LogP contribution < -0.4 is 5.73 Å². The molecule has 1 fully saturated rings. The van der Waals surface area contributed by atoms with Crippen LogP contribution in [-0.2, 0) is 18.2 Å². The Kier molecular flexibility index (Phi) is 7.52. The number of primary amides is 1. The molecule has 168 valence electrons. The highest BCUT2D eigenvalue weighted by Crippen LogP contribution is 2.39. The molecule has 0 spiro atoms. The Morgan fingerprint density at radius 2 is 2.00 bits per heavy atom. The first-order valence-electron chi connectivity index (χ1n) is 11.2. The minimum Gasteiger partial charge on any atom is -0.449 e. The summed E-state index contributed by atoms with van der Waals surface area (Å²) in [5.74, 6) is 0.850. The molecule has 31 heavy (non-hydrogen) atoms. The number of aromatic nitrogens is 1. The number of nitrogens with zero attached hydrogens (tertiary/aromatic N) is 1. The molecule has 5 nitrogen and oxygen atoms in total. The molecule has 2 aromatic rings. The first-order valence-corrected chi connectivity index (χ1v) is 11.2. The number of hydrogen-bond donors (Lipinski definition) is 1. The number of nitrogens with two attached hydrogens (primary N) is 1. The average molecular weight is 429 g/mol. The van der Waals surface area contributed by atoms with E-state index in [1.807, 2.05) is 49.7 Å². The second kappa shape index (κ2) is 10.1. The van der Waals surface area contributed by atoms with Crippen molar-refractivity contribution in [2.75, 3.05) is 6.61 Å². The van der Waals surface area contributed by atoms with Crippen molar-refractivity contribution in [2.45, 2.75) is 64.2 Å². The Morgan fingerprint density at radius 1 is 1.23 bits per heavy atom. The smallest absolute Gasteiger partial charge is 0.404 e. The summed E-state index contributed by atoms with van der Waals surface area (Å²) in [6, 6.07) is 9.34. The number of halogens is 1. The second-order valence-electron chi connectivity index (χ2n) is 8.99. The van der Waals surface area contributed by atoms with Crippen LogP contribution in [0.25, 0.3) is 0 Å². The highest BCUT2D eigenvalue weighted by atomic mass is 19.1. The van der Waals surface area contributed by atoms with Gasteiger partial charge in [0.2, 0.25) is 0 Å². The van der Waals surface area contributed by atoms with Crippen molar-refractivity contribution in [1.82, 2.24) is 4.57 Å². The van der Waals surface area contributed by atoms with Crippen LogP contribution in [0.1, 0.15) is 85.1 Å². The predicted molar refractivity (Wildman–Crippen MR) is 119 cm³/mol. The van der Waals surface area contributed by atoms with E-state index in [4.69, 9.17) is 10.5 Å². The molecule has 0 saturated heterocycles. The predicted octanol–water partition coefficient (Wildman–Crippen LogP) is 5.47. The summed E-state index contributed by atoms with van der Waals surface area (Å²) in [5.41, 5.74) is 8.55. The summed E-state index contributed by atoms with van der Waals surface area (Å²) < 4.78 is 21.2. The Morgan fingerprint density at radius 3 is 2.68 bits per heavy atom. The fraction of sp³-hybridized carbons (Fsp3) is 0.520. The Hall–Kier alpha value is -2.63. The number of benzene rings is 1. The standard InChI is InChI=1S/C25H33FN2O3/c1-16(2)19-10-9-18(21(26)14-19)5-4-6-24(29)23-12-11-22(28(23)3)20-8-7-17(13-20)15-31-25(27)30/h9-12,14,16-17,20H,4-8,13,15H2,1-3H3,(H2,27,30)/t17-,20-/m0/s1. The maximum absolute atomic E-state index is 14.3. The van der Waals surface area contributed by atoms with Crippen molar-refractivity contribution in [3.8, 4) is 0 Å². The summed E-state index contributed by atoms with van der Waals surface area (Å²) in [4.78, 5) is 23.6. The van der Waals surface area contributed by atoms with Gasteiger partial charge >= 0.3 is 6.09 Å². The van der Waals surface area contributed by atoms with Gasteiger partial charge in [0.15, 0.2) is 5.78 Å². The number of hydrogen-bond acceptors (Lipinski definition) is 3. The number of carbonyl (C=O) groups is 2. The summed E-state index contributed by atoms with van der Waals surface area (Å²) in [5, 5.41) is 0. The van der Waals surface area contributed by atoms with Crippen LogP contribution in [0.4, 0.5) is 9.18 Å². The average Bonchev–Trinajstić information content (AvgIpc) is 3.33. The molecule has 1 saturated carbocycles. The van der Waals surface area contributed by atoms with Gasteiger partial charge in [0, 0.05) is 19.2 Å². The number of aryl methyl sites for hydroxylation is 1. The van der Waals surface area contributed by atoms with E-state index in [-0.39, 0.29) is 11.6 Å². The van der Waals surface area contributed by atoms with Gasteiger partial charge in [0.05, 0.1) is 12.3 Å². The van der Waals surface area contributed by atoms with E-state index in [9.17, 15) is 14.0 Å². The molecular weight excluding hydrogens is 395 g/mol. The molecule has 0 aliphatic heterocycles. The van der Waals surface area contributed by atoms with E-state index >= 15 is 0 Å². The van der Waals surface area contributed by atoms with Crippen LogP contribution in [-0.4, -0.2) is 23.1 Å². The lowest BCUT2D eigenvalue weighted by Crippen LogP contribution is -2.17. The molecule has 1 aromatic heterocycles. The zero-order valence-corrected chi connectivity index (χ0v) is 18.7. The van der Waals surface area contributed by atoms with Crippen LogP contribution >= 0.6 is 0 Å². The van der Waals surface area contributed by atoms with Gasteiger partial charge in [-0.1, -0.05) is 26.0 Å². The first-order chi connectivity index (χ1) is 14.8. The second-order valence-corrected chi connectivity index (χ2v) is 8.99. The third kappa shape index (κ3) is 5.75. The maximum atomic E-state index is 14.3. The van der Waals surface area contributed by atoms with E-state index in [2.05, 4.69) is 0 Å². The van der Waals surface area contributed by atoms with Crippen LogP contribution in [0.3, 0.4) is 0 Å². The van der Waals surface area contributed by atoms with Crippen LogP contribution in [0.5, 0.6) is 0 Å². The molecule has 0 unspecified atom stereocenters. The molecule has 1 aromatic carbocycles. The number of amides is 1. The molecule has 0 bridgehead atoms. The molecule has 1 aliphatic carbocycles. The number of carbonyl (C=O) groups excluding carboxylic acids is 2. The van der Waals surface area contributed by atoms with Crippen LogP contribution in [0.15, 0.2) is 30.3 Å². The van der Waals surface area contributed by atoms with Gasteiger partial charge in [-0.05, 0) is 79.2 Å². The van der Waals surface area contributed by atoms with Gasteiger partial charge in [0.1, 0.15) is 5.82 Å². The fourth-order valence-electron chi connectivity index (χ4n) is 4.60. The third-order valence-corrected chi connectivity index (χ3v) is 6.46. The monoisotopic (exact) mass is 428 g/mol. The highest BCUT2D eigenvalue weighted by molar-refractivity contribution is 5.94. The minimum absolute atomic E-state index is 0.0829. The van der Waals surface area contributed by atoms with Crippen LogP contribution in [0.2, 0.25) is 0 Å². The number of Topliss-reactive ketones (excluding diaryl/α,β-unsaturated/α-hetero) is 1. The lowest BCUT2D eigenvalue weighted by atomic mass is 9.98. The molecular formula is C25H33FN2O3. The highest BCUT2D eigenvalue weighted by Gasteiger charge is 2.29. The molecule has 0 radical (unpaired) electrons. The number of ketones is 1. The third-order valence-electron chi connectivity index (χ3n) is 6.46. The zero-order valence-electron chi connectivity index (χ0n) is 18.7. The van der Waals surface area contributed by atoms with Gasteiger partial charge < -0.3 is 15.0 Å². The molecule has 2 N–H and O–H groups in total. The van der Waals surface area contributed by atoms with Crippen molar-refractivity contribution in [3.05, 3.63) is 58.7 Å². The lowest BCUT2D eigenvalue weighted by Gasteiger charge is -2.14.